The van der Waals surface area contributed by atoms with Crippen LogP contribution in [0.5, 0.6) is 0 Å². The molecule has 7 nitrogen and oxygen atoms in total. The molecule has 156 valence electrons. The van der Waals surface area contributed by atoms with Crippen LogP contribution in [0.2, 0.25) is 5.02 Å². The first kappa shape index (κ1) is 22.3. The molecule has 0 aliphatic carbocycles. The number of nitrogens with zero attached hydrogens (tertiary/aromatic N) is 1. The van der Waals surface area contributed by atoms with E-state index in [0.29, 0.717) is 31.0 Å². The lowest BCUT2D eigenvalue weighted by atomic mass is 9.84. The quantitative estimate of drug-likeness (QED) is 0.787. The van der Waals surface area contributed by atoms with Crippen LogP contribution in [0.15, 0.2) is 24.3 Å². The fourth-order valence-corrected chi connectivity index (χ4v) is 3.07. The Balaban J connectivity index is 1.77. The first-order valence-corrected chi connectivity index (χ1v) is 9.76. The highest BCUT2D eigenvalue weighted by molar-refractivity contribution is 6.30. The molecule has 2 rings (SSSR count). The lowest BCUT2D eigenvalue weighted by molar-refractivity contribution is -0.0255. The number of ether oxygens (including phenoxy) is 2. The number of rotatable bonds is 4. The van der Waals surface area contributed by atoms with Gasteiger partial charge in [0.1, 0.15) is 12.2 Å². The van der Waals surface area contributed by atoms with E-state index in [2.05, 4.69) is 5.32 Å². The Morgan fingerprint density at radius 1 is 1.25 bits per heavy atom. The van der Waals surface area contributed by atoms with Crippen LogP contribution in [0.25, 0.3) is 0 Å². The van der Waals surface area contributed by atoms with Gasteiger partial charge >= 0.3 is 12.2 Å². The van der Waals surface area contributed by atoms with Gasteiger partial charge in [0.2, 0.25) is 0 Å². The third-order valence-corrected chi connectivity index (χ3v) is 4.70. The number of aliphatic hydroxyl groups is 1. The number of carbonyl (C=O) groups excluding carboxylic acids is 2. The van der Waals surface area contributed by atoms with E-state index < -0.39 is 23.4 Å². The second-order valence-electron chi connectivity index (χ2n) is 8.15. The normalized spacial score (nSPS) is 17.6. The highest BCUT2D eigenvalue weighted by atomic mass is 35.5. The number of piperidine rings is 1. The summed E-state index contributed by atoms with van der Waals surface area (Å²) in [7, 11) is 0. The Morgan fingerprint density at radius 2 is 1.82 bits per heavy atom. The number of benzene rings is 1. The van der Waals surface area contributed by atoms with E-state index in [0.717, 1.165) is 5.56 Å². The van der Waals surface area contributed by atoms with Crippen LogP contribution >= 0.6 is 11.6 Å². The maximum atomic E-state index is 12.3. The number of nitrogens with one attached hydrogen (secondary N) is 1. The molecule has 1 fully saturated rings. The minimum Gasteiger partial charge on any atom is -0.447 e. The summed E-state index contributed by atoms with van der Waals surface area (Å²) in [6, 6.07) is 6.72. The molecule has 1 heterocycles. The van der Waals surface area contributed by atoms with Gasteiger partial charge < -0.3 is 24.8 Å². The molecule has 1 aliphatic heterocycles. The van der Waals surface area contributed by atoms with E-state index in [4.69, 9.17) is 21.1 Å². The van der Waals surface area contributed by atoms with E-state index in [1.54, 1.807) is 56.9 Å². The van der Waals surface area contributed by atoms with Gasteiger partial charge in [0.15, 0.2) is 0 Å². The third kappa shape index (κ3) is 6.56. The van der Waals surface area contributed by atoms with Crippen LogP contribution in [0, 0.1) is 0 Å². The van der Waals surface area contributed by atoms with Gasteiger partial charge in [-0.3, -0.25) is 0 Å². The van der Waals surface area contributed by atoms with Crippen molar-refractivity contribution in [1.29, 1.82) is 0 Å². The van der Waals surface area contributed by atoms with Crippen molar-refractivity contribution in [3.63, 3.8) is 0 Å². The average molecular weight is 413 g/mol. The molecule has 8 heteroatoms. The van der Waals surface area contributed by atoms with Crippen LogP contribution in [-0.2, 0) is 15.1 Å². The maximum absolute atomic E-state index is 12.3. The number of halogens is 1. The standard InChI is InChI=1S/C20H29ClN2O5/c1-14(22-17(24)28-19(2,3)4)13-27-18(25)23-11-9-20(26,10-12-23)15-5-7-16(21)8-6-15/h5-8,14,26H,9-13H2,1-4H3,(H,22,24). The number of likely N-dealkylation sites (tertiary alicyclic amines) is 1. The zero-order valence-corrected chi connectivity index (χ0v) is 17.6. The first-order chi connectivity index (χ1) is 13.0. The molecule has 0 spiro atoms. The largest absolute Gasteiger partial charge is 0.447 e. The molecule has 0 saturated carbocycles. The smallest absolute Gasteiger partial charge is 0.409 e. The minimum atomic E-state index is -0.979. The second kappa shape index (κ2) is 9.01. The molecule has 1 saturated heterocycles. The summed E-state index contributed by atoms with van der Waals surface area (Å²) in [4.78, 5) is 25.6. The molecule has 1 atom stereocenters. The lowest BCUT2D eigenvalue weighted by Crippen LogP contribution is -2.46. The number of amides is 2. The lowest BCUT2D eigenvalue weighted by Gasteiger charge is -2.38. The molecular weight excluding hydrogens is 384 g/mol. The van der Waals surface area contributed by atoms with Crippen molar-refractivity contribution < 1.29 is 24.2 Å². The summed E-state index contributed by atoms with van der Waals surface area (Å²) in [5.74, 6) is 0. The molecule has 1 unspecified atom stereocenters. The predicted molar refractivity (Wildman–Crippen MR) is 106 cm³/mol. The van der Waals surface area contributed by atoms with Crippen LogP contribution in [0.1, 0.15) is 46.1 Å². The molecule has 1 aromatic carbocycles. The Bertz CT molecular complexity index is 679. The van der Waals surface area contributed by atoms with E-state index in [9.17, 15) is 14.7 Å². The zero-order chi connectivity index (χ0) is 20.9. The van der Waals surface area contributed by atoms with Gasteiger partial charge in [0.25, 0.3) is 0 Å². The molecular formula is C20H29ClN2O5. The molecule has 0 bridgehead atoms. The van der Waals surface area contributed by atoms with Gasteiger partial charge in [0.05, 0.1) is 11.6 Å². The van der Waals surface area contributed by atoms with E-state index in [1.165, 1.54) is 0 Å². The molecule has 2 N–H and O–H groups in total. The van der Waals surface area contributed by atoms with E-state index in [1.807, 2.05) is 0 Å². The van der Waals surface area contributed by atoms with Crippen molar-refractivity contribution >= 4 is 23.8 Å². The number of carbonyl (C=O) groups is 2. The van der Waals surface area contributed by atoms with Gasteiger partial charge in [-0.2, -0.15) is 0 Å². The topological polar surface area (TPSA) is 88.1 Å². The van der Waals surface area contributed by atoms with Crippen molar-refractivity contribution in [2.45, 2.75) is 57.8 Å². The monoisotopic (exact) mass is 412 g/mol. The van der Waals surface area contributed by atoms with E-state index >= 15 is 0 Å². The molecule has 1 aliphatic rings. The summed E-state index contributed by atoms with van der Waals surface area (Å²) in [6.45, 7) is 7.86. The van der Waals surface area contributed by atoms with Crippen LogP contribution in [0.3, 0.4) is 0 Å². The molecule has 1 aromatic rings. The summed E-state index contributed by atoms with van der Waals surface area (Å²) in [6.07, 6.45) is -0.191. The highest BCUT2D eigenvalue weighted by Gasteiger charge is 2.36. The number of hydrogen-bond acceptors (Lipinski definition) is 5. The summed E-state index contributed by atoms with van der Waals surface area (Å²) in [5.41, 5.74) is -0.776. The number of hydrogen-bond donors (Lipinski definition) is 2. The van der Waals surface area contributed by atoms with Gasteiger partial charge in [-0.1, -0.05) is 23.7 Å². The Labute approximate surface area is 170 Å². The summed E-state index contributed by atoms with van der Waals surface area (Å²) >= 11 is 5.90. The molecule has 2 amide bonds. The molecule has 0 radical (unpaired) electrons. The van der Waals surface area contributed by atoms with Crippen molar-refractivity contribution in [2.24, 2.45) is 0 Å². The third-order valence-electron chi connectivity index (χ3n) is 4.45. The second-order valence-corrected chi connectivity index (χ2v) is 8.59. The van der Waals surface area contributed by atoms with Crippen molar-refractivity contribution in [2.75, 3.05) is 19.7 Å². The Morgan fingerprint density at radius 3 is 2.36 bits per heavy atom. The Hall–Kier alpha value is -1.99. The average Bonchev–Trinajstić information content (AvgIpc) is 2.59. The van der Waals surface area contributed by atoms with Gasteiger partial charge in [-0.15, -0.1) is 0 Å². The van der Waals surface area contributed by atoms with Crippen molar-refractivity contribution in [3.8, 4) is 0 Å². The minimum absolute atomic E-state index is 0.0377. The molecule has 28 heavy (non-hydrogen) atoms. The fraction of sp³-hybridized carbons (Fsp3) is 0.600. The van der Waals surface area contributed by atoms with Gasteiger partial charge in [-0.05, 0) is 58.2 Å². The maximum Gasteiger partial charge on any atom is 0.409 e. The summed E-state index contributed by atoms with van der Waals surface area (Å²) in [5, 5.41) is 14.1. The van der Waals surface area contributed by atoms with Crippen LogP contribution < -0.4 is 5.32 Å². The van der Waals surface area contributed by atoms with Crippen molar-refractivity contribution in [3.05, 3.63) is 34.9 Å². The SMILES string of the molecule is CC(COC(=O)N1CCC(O)(c2ccc(Cl)cc2)CC1)NC(=O)OC(C)(C)C. The Kier molecular flexibility index (Phi) is 7.17. The van der Waals surface area contributed by atoms with Crippen LogP contribution in [0.4, 0.5) is 9.59 Å². The van der Waals surface area contributed by atoms with Gasteiger partial charge in [0, 0.05) is 18.1 Å². The number of alkyl carbamates (subject to hydrolysis) is 1. The fourth-order valence-electron chi connectivity index (χ4n) is 2.95. The van der Waals surface area contributed by atoms with E-state index in [-0.39, 0.29) is 12.6 Å². The predicted octanol–water partition coefficient (Wildman–Crippen LogP) is 3.67. The zero-order valence-electron chi connectivity index (χ0n) is 16.8. The van der Waals surface area contributed by atoms with Crippen molar-refractivity contribution in [1.82, 2.24) is 10.2 Å². The first-order valence-electron chi connectivity index (χ1n) is 9.38. The highest BCUT2D eigenvalue weighted by Crippen LogP contribution is 2.33. The van der Waals surface area contributed by atoms with Gasteiger partial charge in [-0.25, -0.2) is 9.59 Å². The summed E-state index contributed by atoms with van der Waals surface area (Å²) < 4.78 is 10.4. The van der Waals surface area contributed by atoms with Crippen LogP contribution in [-0.4, -0.2) is 53.5 Å². The molecule has 0 aromatic heterocycles.